The van der Waals surface area contributed by atoms with Crippen LogP contribution in [0, 0.1) is 5.41 Å². The molecule has 0 fully saturated rings. The van der Waals surface area contributed by atoms with E-state index in [1.165, 1.54) is 13.8 Å². The molecule has 0 spiro atoms. The summed E-state index contributed by atoms with van der Waals surface area (Å²) in [4.78, 5) is 11.4. The van der Waals surface area contributed by atoms with E-state index >= 15 is 0 Å². The number of carbonyl (C=O) groups is 1. The van der Waals surface area contributed by atoms with Crippen LogP contribution in [-0.2, 0) is 9.53 Å². The Morgan fingerprint density at radius 1 is 1.06 bits per heavy atom. The lowest BCUT2D eigenvalue weighted by molar-refractivity contribution is -0.175. The third-order valence-corrected chi connectivity index (χ3v) is 2.63. The minimum Gasteiger partial charge on any atom is -0.459 e. The Bertz CT molecular complexity index is 284. The van der Waals surface area contributed by atoms with Gasteiger partial charge in [0, 0.05) is 12.8 Å². The molecule has 0 saturated carbocycles. The molecule has 0 aliphatic heterocycles. The number of esters is 1. The maximum absolute atomic E-state index is 13.0. The summed E-state index contributed by atoms with van der Waals surface area (Å²) >= 11 is 0. The van der Waals surface area contributed by atoms with Gasteiger partial charge in [0.1, 0.15) is 0 Å². The summed E-state index contributed by atoms with van der Waals surface area (Å²) in [6.45, 7) is 3.40. The molecule has 2 nitrogen and oxygen atoms in total. The Balaban J connectivity index is 4.23. The van der Waals surface area contributed by atoms with Crippen LogP contribution in [0.5, 0.6) is 0 Å². The van der Waals surface area contributed by atoms with Gasteiger partial charge in [-0.05, 0) is 20.3 Å². The van der Waals surface area contributed by atoms with Gasteiger partial charge in [-0.3, -0.25) is 4.79 Å². The van der Waals surface area contributed by atoms with Crippen LogP contribution in [0.1, 0.15) is 40.0 Å². The molecule has 0 aromatic heterocycles. The molecule has 108 valence electrons. The first-order valence-electron chi connectivity index (χ1n) is 5.51. The highest BCUT2D eigenvalue weighted by Crippen LogP contribution is 2.30. The van der Waals surface area contributed by atoms with Gasteiger partial charge in [-0.1, -0.05) is 6.92 Å². The molecule has 0 aliphatic rings. The van der Waals surface area contributed by atoms with Gasteiger partial charge in [-0.2, -0.15) is 13.2 Å². The fraction of sp³-hybridized carbons (Fsp3) is 0.909. The molecule has 0 saturated heterocycles. The van der Waals surface area contributed by atoms with Gasteiger partial charge in [0.25, 0.3) is 5.92 Å². The van der Waals surface area contributed by atoms with Crippen molar-refractivity contribution in [3.63, 3.8) is 0 Å². The lowest BCUT2D eigenvalue weighted by Crippen LogP contribution is -2.32. The standard InChI is InChI=1S/C11H17F5O2/c1-4-9(2,3)8(17)18-7-10(12,13)5-6-11(14,15)16/h4-7H2,1-3H3. The van der Waals surface area contributed by atoms with Crippen molar-refractivity contribution >= 4 is 5.97 Å². The summed E-state index contributed by atoms with van der Waals surface area (Å²) in [5, 5.41) is 0. The van der Waals surface area contributed by atoms with E-state index < -0.39 is 42.9 Å². The highest BCUT2D eigenvalue weighted by molar-refractivity contribution is 5.75. The van der Waals surface area contributed by atoms with E-state index in [1.807, 2.05) is 0 Å². The van der Waals surface area contributed by atoms with Gasteiger partial charge >= 0.3 is 12.1 Å². The van der Waals surface area contributed by atoms with Crippen molar-refractivity contribution < 1.29 is 31.5 Å². The van der Waals surface area contributed by atoms with E-state index in [4.69, 9.17) is 0 Å². The molecule has 0 atom stereocenters. The van der Waals surface area contributed by atoms with Crippen LogP contribution in [-0.4, -0.2) is 24.7 Å². The molecular weight excluding hydrogens is 259 g/mol. The maximum atomic E-state index is 13.0. The number of carbonyl (C=O) groups excluding carboxylic acids is 1. The van der Waals surface area contributed by atoms with Crippen molar-refractivity contribution in [1.29, 1.82) is 0 Å². The first kappa shape index (κ1) is 17.1. The van der Waals surface area contributed by atoms with E-state index in [0.29, 0.717) is 6.42 Å². The summed E-state index contributed by atoms with van der Waals surface area (Å²) in [5.41, 5.74) is -0.917. The van der Waals surface area contributed by atoms with Gasteiger partial charge in [0.15, 0.2) is 6.61 Å². The molecule has 7 heteroatoms. The lowest BCUT2D eigenvalue weighted by Gasteiger charge is -2.23. The molecule has 0 aromatic rings. The van der Waals surface area contributed by atoms with Crippen molar-refractivity contribution in [2.24, 2.45) is 5.41 Å². The molecule has 0 unspecified atom stereocenters. The van der Waals surface area contributed by atoms with Gasteiger partial charge < -0.3 is 4.74 Å². The van der Waals surface area contributed by atoms with Crippen molar-refractivity contribution in [2.75, 3.05) is 6.61 Å². The Labute approximate surface area is 102 Å². The predicted molar refractivity (Wildman–Crippen MR) is 55.3 cm³/mol. The molecule has 0 aliphatic carbocycles. The van der Waals surface area contributed by atoms with Crippen LogP contribution < -0.4 is 0 Å². The van der Waals surface area contributed by atoms with Crippen LogP contribution >= 0.6 is 0 Å². The number of alkyl halides is 5. The van der Waals surface area contributed by atoms with Crippen LogP contribution in [0.4, 0.5) is 22.0 Å². The van der Waals surface area contributed by atoms with Gasteiger partial charge in [0.05, 0.1) is 5.41 Å². The van der Waals surface area contributed by atoms with Crippen molar-refractivity contribution in [2.45, 2.75) is 52.1 Å². The van der Waals surface area contributed by atoms with Crippen molar-refractivity contribution in [3.05, 3.63) is 0 Å². The maximum Gasteiger partial charge on any atom is 0.389 e. The number of ether oxygens (including phenoxy) is 1. The second kappa shape index (κ2) is 5.84. The topological polar surface area (TPSA) is 26.3 Å². The Hall–Kier alpha value is -0.880. The van der Waals surface area contributed by atoms with Crippen LogP contribution in [0.15, 0.2) is 0 Å². The number of rotatable bonds is 6. The minimum absolute atomic E-state index is 0.389. The molecule has 0 rings (SSSR count). The van der Waals surface area contributed by atoms with E-state index in [1.54, 1.807) is 6.92 Å². The zero-order valence-electron chi connectivity index (χ0n) is 10.5. The second-order valence-electron chi connectivity index (χ2n) is 4.78. The van der Waals surface area contributed by atoms with Crippen molar-refractivity contribution in [3.8, 4) is 0 Å². The van der Waals surface area contributed by atoms with Crippen LogP contribution in [0.3, 0.4) is 0 Å². The van der Waals surface area contributed by atoms with Gasteiger partial charge in [0.2, 0.25) is 0 Å². The second-order valence-corrected chi connectivity index (χ2v) is 4.78. The summed E-state index contributed by atoms with van der Waals surface area (Å²) in [7, 11) is 0. The first-order valence-corrected chi connectivity index (χ1v) is 5.51. The molecule has 0 heterocycles. The van der Waals surface area contributed by atoms with Crippen LogP contribution in [0.2, 0.25) is 0 Å². The predicted octanol–water partition coefficient (Wildman–Crippen LogP) is 3.94. The molecular formula is C11H17F5O2. The largest absolute Gasteiger partial charge is 0.459 e. The summed E-state index contributed by atoms with van der Waals surface area (Å²) in [5.74, 6) is -4.49. The molecule has 18 heavy (non-hydrogen) atoms. The normalized spacial score (nSPS) is 13.6. The summed E-state index contributed by atoms with van der Waals surface area (Å²) in [6, 6.07) is 0. The third kappa shape index (κ3) is 6.76. The summed E-state index contributed by atoms with van der Waals surface area (Å²) < 4.78 is 65.8. The monoisotopic (exact) mass is 276 g/mol. The first-order chi connectivity index (χ1) is 7.90. The van der Waals surface area contributed by atoms with E-state index in [2.05, 4.69) is 4.74 Å². The zero-order chi connectivity index (χ0) is 14.6. The molecule has 0 N–H and O–H groups in total. The van der Waals surface area contributed by atoms with E-state index in [9.17, 15) is 26.7 Å². The molecule has 0 radical (unpaired) electrons. The number of halogens is 5. The number of hydrogen-bond acceptors (Lipinski definition) is 2. The number of hydrogen-bond donors (Lipinski definition) is 0. The van der Waals surface area contributed by atoms with Crippen LogP contribution in [0.25, 0.3) is 0 Å². The average molecular weight is 276 g/mol. The highest BCUT2D eigenvalue weighted by Gasteiger charge is 2.38. The van der Waals surface area contributed by atoms with Gasteiger partial charge in [-0.25, -0.2) is 8.78 Å². The fourth-order valence-electron chi connectivity index (χ4n) is 0.908. The molecule has 0 amide bonds. The Kier molecular flexibility index (Phi) is 5.55. The van der Waals surface area contributed by atoms with Crippen molar-refractivity contribution in [1.82, 2.24) is 0 Å². The van der Waals surface area contributed by atoms with E-state index in [-0.39, 0.29) is 0 Å². The quantitative estimate of drug-likeness (QED) is 0.542. The molecule has 0 bridgehead atoms. The Morgan fingerprint density at radius 3 is 1.94 bits per heavy atom. The SMILES string of the molecule is CCC(C)(C)C(=O)OCC(F)(F)CCC(F)(F)F. The highest BCUT2D eigenvalue weighted by atomic mass is 19.4. The average Bonchev–Trinajstić information content (AvgIpc) is 2.22. The third-order valence-electron chi connectivity index (χ3n) is 2.63. The summed E-state index contributed by atoms with van der Waals surface area (Å²) in [6.07, 6.45) is -7.23. The lowest BCUT2D eigenvalue weighted by atomic mass is 9.91. The minimum atomic E-state index is -4.64. The fourth-order valence-corrected chi connectivity index (χ4v) is 0.908. The Morgan fingerprint density at radius 2 is 1.56 bits per heavy atom. The van der Waals surface area contributed by atoms with Gasteiger partial charge in [-0.15, -0.1) is 0 Å². The van der Waals surface area contributed by atoms with E-state index in [0.717, 1.165) is 0 Å². The molecule has 0 aromatic carbocycles. The zero-order valence-corrected chi connectivity index (χ0v) is 10.5. The smallest absolute Gasteiger partial charge is 0.389 e.